The van der Waals surface area contributed by atoms with Gasteiger partial charge in [0.05, 0.1) is 0 Å². The normalized spacial score (nSPS) is 27.4. The summed E-state index contributed by atoms with van der Waals surface area (Å²) in [6.07, 6.45) is 6.78. The van der Waals surface area contributed by atoms with Crippen LogP contribution in [0.3, 0.4) is 0 Å². The Balaban J connectivity index is 2.04. The molecule has 0 saturated heterocycles. The topological polar surface area (TPSA) is 12.0 Å². The maximum Gasteiger partial charge on any atom is 0.0311 e. The lowest BCUT2D eigenvalue weighted by Crippen LogP contribution is -2.40. The quantitative estimate of drug-likeness (QED) is 0.799. The Kier molecular flexibility index (Phi) is 6.24. The third-order valence-electron chi connectivity index (χ3n) is 4.08. The lowest BCUT2D eigenvalue weighted by atomic mass is 9.83. The molecule has 3 unspecified atom stereocenters. The second kappa shape index (κ2) is 7.70. The predicted octanol–water partition coefficient (Wildman–Crippen LogP) is 5.10. The summed E-state index contributed by atoms with van der Waals surface area (Å²) in [6, 6.07) is 9.25. The number of benzene rings is 1. The van der Waals surface area contributed by atoms with Crippen molar-refractivity contribution in [3.8, 4) is 0 Å². The maximum absolute atomic E-state index is 3.67. The number of halogens is 1. The van der Waals surface area contributed by atoms with Crippen LogP contribution in [0.4, 0.5) is 0 Å². The van der Waals surface area contributed by atoms with Gasteiger partial charge in [-0.05, 0) is 60.3 Å². The standard InChI is InChI=1S/C16H24BrNS/c1-3-6-12-9-10-14(18-2)16(11-12)19-15-8-5-4-7-13(15)17/h4-5,7-8,12,14,16,18H,3,6,9-11H2,1-2H3. The van der Waals surface area contributed by atoms with Gasteiger partial charge in [0.25, 0.3) is 0 Å². The molecule has 0 aromatic heterocycles. The Morgan fingerprint density at radius 1 is 1.32 bits per heavy atom. The van der Waals surface area contributed by atoms with Gasteiger partial charge < -0.3 is 5.32 Å². The number of hydrogen-bond acceptors (Lipinski definition) is 2. The molecule has 1 fully saturated rings. The van der Waals surface area contributed by atoms with E-state index in [0.717, 1.165) is 5.92 Å². The molecule has 1 N–H and O–H groups in total. The molecule has 0 heterocycles. The Morgan fingerprint density at radius 2 is 2.11 bits per heavy atom. The first-order valence-corrected chi connectivity index (χ1v) is 9.00. The minimum absolute atomic E-state index is 0.658. The van der Waals surface area contributed by atoms with Crippen LogP contribution in [0.2, 0.25) is 0 Å². The van der Waals surface area contributed by atoms with Crippen molar-refractivity contribution < 1.29 is 0 Å². The highest BCUT2D eigenvalue weighted by Crippen LogP contribution is 2.40. The summed E-state index contributed by atoms with van der Waals surface area (Å²) < 4.78 is 1.23. The first-order chi connectivity index (χ1) is 9.24. The molecule has 0 amide bonds. The zero-order valence-corrected chi connectivity index (χ0v) is 14.3. The van der Waals surface area contributed by atoms with Crippen molar-refractivity contribution in [3.05, 3.63) is 28.7 Å². The minimum atomic E-state index is 0.658. The van der Waals surface area contributed by atoms with Gasteiger partial charge in [-0.3, -0.25) is 0 Å². The van der Waals surface area contributed by atoms with Crippen LogP contribution < -0.4 is 5.32 Å². The smallest absolute Gasteiger partial charge is 0.0311 e. The van der Waals surface area contributed by atoms with Gasteiger partial charge in [0.1, 0.15) is 0 Å². The van der Waals surface area contributed by atoms with E-state index in [1.165, 1.54) is 41.5 Å². The molecule has 0 spiro atoms. The van der Waals surface area contributed by atoms with Gasteiger partial charge in [0, 0.05) is 20.7 Å². The van der Waals surface area contributed by atoms with Crippen molar-refractivity contribution >= 4 is 27.7 Å². The molecule has 1 aliphatic rings. The van der Waals surface area contributed by atoms with E-state index in [1.54, 1.807) is 0 Å². The fourth-order valence-corrected chi connectivity index (χ4v) is 5.08. The van der Waals surface area contributed by atoms with Gasteiger partial charge in [-0.15, -0.1) is 11.8 Å². The minimum Gasteiger partial charge on any atom is -0.316 e. The van der Waals surface area contributed by atoms with Crippen LogP contribution in [0.25, 0.3) is 0 Å². The molecule has 1 aromatic rings. The zero-order chi connectivity index (χ0) is 13.7. The van der Waals surface area contributed by atoms with Crippen LogP contribution >= 0.6 is 27.7 Å². The second-order valence-electron chi connectivity index (χ2n) is 5.45. The van der Waals surface area contributed by atoms with Gasteiger partial charge in [-0.2, -0.15) is 0 Å². The summed E-state index contributed by atoms with van der Waals surface area (Å²) in [6.45, 7) is 2.31. The summed E-state index contributed by atoms with van der Waals surface area (Å²) in [5.74, 6) is 0.926. The fourth-order valence-electron chi connectivity index (χ4n) is 3.05. The highest BCUT2D eigenvalue weighted by molar-refractivity contribution is 9.10. The second-order valence-corrected chi connectivity index (χ2v) is 7.59. The molecule has 0 radical (unpaired) electrons. The first kappa shape index (κ1) is 15.4. The van der Waals surface area contributed by atoms with E-state index in [1.807, 2.05) is 11.8 Å². The summed E-state index contributed by atoms with van der Waals surface area (Å²) in [5.41, 5.74) is 0. The molecule has 19 heavy (non-hydrogen) atoms. The van der Waals surface area contributed by atoms with E-state index < -0.39 is 0 Å². The van der Waals surface area contributed by atoms with Crippen molar-refractivity contribution in [3.63, 3.8) is 0 Å². The lowest BCUT2D eigenvalue weighted by molar-refractivity contribution is 0.295. The average molecular weight is 342 g/mol. The number of nitrogens with one attached hydrogen (secondary N) is 1. The van der Waals surface area contributed by atoms with Crippen LogP contribution in [-0.4, -0.2) is 18.3 Å². The van der Waals surface area contributed by atoms with Crippen LogP contribution in [0, 0.1) is 5.92 Å². The molecule has 1 aliphatic carbocycles. The molecule has 2 rings (SSSR count). The third kappa shape index (κ3) is 4.24. The molecule has 3 heteroatoms. The van der Waals surface area contributed by atoms with E-state index in [4.69, 9.17) is 0 Å². The number of thioether (sulfide) groups is 1. The van der Waals surface area contributed by atoms with E-state index in [0.29, 0.717) is 11.3 Å². The van der Waals surface area contributed by atoms with Crippen molar-refractivity contribution in [2.75, 3.05) is 7.05 Å². The summed E-state index contributed by atoms with van der Waals surface area (Å²) in [7, 11) is 2.11. The monoisotopic (exact) mass is 341 g/mol. The average Bonchev–Trinajstić information content (AvgIpc) is 2.42. The molecule has 0 aliphatic heterocycles. The Morgan fingerprint density at radius 3 is 2.79 bits per heavy atom. The summed E-state index contributed by atoms with van der Waals surface area (Å²) >= 11 is 5.71. The van der Waals surface area contributed by atoms with Crippen LogP contribution in [0.1, 0.15) is 39.0 Å². The van der Waals surface area contributed by atoms with Crippen LogP contribution in [0.15, 0.2) is 33.6 Å². The van der Waals surface area contributed by atoms with Gasteiger partial charge in [-0.25, -0.2) is 0 Å². The molecule has 1 saturated carbocycles. The van der Waals surface area contributed by atoms with Gasteiger partial charge in [0.15, 0.2) is 0 Å². The highest BCUT2D eigenvalue weighted by Gasteiger charge is 2.30. The SMILES string of the molecule is CCCC1CCC(NC)C(Sc2ccccc2Br)C1. The van der Waals surface area contributed by atoms with Gasteiger partial charge in [-0.1, -0.05) is 31.9 Å². The van der Waals surface area contributed by atoms with Crippen LogP contribution in [-0.2, 0) is 0 Å². The van der Waals surface area contributed by atoms with Gasteiger partial charge in [0.2, 0.25) is 0 Å². The molecule has 1 nitrogen and oxygen atoms in total. The largest absolute Gasteiger partial charge is 0.316 e. The van der Waals surface area contributed by atoms with E-state index in [-0.39, 0.29) is 0 Å². The molecule has 0 bridgehead atoms. The highest BCUT2D eigenvalue weighted by atomic mass is 79.9. The van der Waals surface area contributed by atoms with Crippen molar-refractivity contribution in [1.82, 2.24) is 5.32 Å². The fraction of sp³-hybridized carbons (Fsp3) is 0.625. The van der Waals surface area contributed by atoms with Crippen molar-refractivity contribution in [2.24, 2.45) is 5.92 Å². The number of rotatable bonds is 5. The maximum atomic E-state index is 3.67. The Hall–Kier alpha value is 0.01000. The molecule has 1 aromatic carbocycles. The Labute approximate surface area is 130 Å². The molecular formula is C16H24BrNS. The third-order valence-corrected chi connectivity index (χ3v) is 6.47. The van der Waals surface area contributed by atoms with E-state index >= 15 is 0 Å². The zero-order valence-electron chi connectivity index (χ0n) is 11.9. The predicted molar refractivity (Wildman–Crippen MR) is 88.9 cm³/mol. The summed E-state index contributed by atoms with van der Waals surface area (Å²) in [4.78, 5) is 1.38. The summed E-state index contributed by atoms with van der Waals surface area (Å²) in [5, 5.41) is 4.22. The lowest BCUT2D eigenvalue weighted by Gasteiger charge is -2.36. The van der Waals surface area contributed by atoms with E-state index in [2.05, 4.69) is 59.5 Å². The van der Waals surface area contributed by atoms with Crippen molar-refractivity contribution in [2.45, 2.75) is 55.2 Å². The van der Waals surface area contributed by atoms with E-state index in [9.17, 15) is 0 Å². The van der Waals surface area contributed by atoms with Crippen LogP contribution in [0.5, 0.6) is 0 Å². The molecule has 3 atom stereocenters. The van der Waals surface area contributed by atoms with Gasteiger partial charge >= 0.3 is 0 Å². The number of hydrogen-bond donors (Lipinski definition) is 1. The Bertz CT molecular complexity index is 396. The first-order valence-electron chi connectivity index (χ1n) is 7.33. The molecular weight excluding hydrogens is 318 g/mol. The molecule has 106 valence electrons. The van der Waals surface area contributed by atoms with Crippen molar-refractivity contribution in [1.29, 1.82) is 0 Å².